The first-order valence-electron chi connectivity index (χ1n) is 9.90. The quantitative estimate of drug-likeness (QED) is 0.707. The molecule has 3 fully saturated rings. The lowest BCUT2D eigenvalue weighted by Crippen LogP contribution is -2.58. The number of nitrogens with zero attached hydrogens (tertiary/aromatic N) is 4. The van der Waals surface area contributed by atoms with E-state index in [2.05, 4.69) is 28.8 Å². The normalized spacial score (nSPS) is 28.0. The Morgan fingerprint density at radius 2 is 1.92 bits per heavy atom. The van der Waals surface area contributed by atoms with Crippen molar-refractivity contribution in [1.29, 1.82) is 0 Å². The number of rotatable bonds is 4. The fourth-order valence-corrected chi connectivity index (χ4v) is 4.67. The Kier molecular flexibility index (Phi) is 6.20. The second kappa shape index (κ2) is 8.23. The molecule has 7 nitrogen and oxygen atoms in total. The minimum atomic E-state index is -0.189. The van der Waals surface area contributed by atoms with E-state index in [1.807, 2.05) is 0 Å². The van der Waals surface area contributed by atoms with Crippen molar-refractivity contribution in [3.05, 3.63) is 0 Å². The van der Waals surface area contributed by atoms with Crippen LogP contribution >= 0.6 is 0 Å². The maximum atomic E-state index is 13.2. The van der Waals surface area contributed by atoms with Gasteiger partial charge >= 0.3 is 0 Å². The third-order valence-corrected chi connectivity index (χ3v) is 6.57. The molecule has 0 aromatic heterocycles. The highest BCUT2D eigenvalue weighted by atomic mass is 16.5. The van der Waals surface area contributed by atoms with Gasteiger partial charge in [0.25, 0.3) is 0 Å². The Morgan fingerprint density at radius 3 is 2.62 bits per heavy atom. The summed E-state index contributed by atoms with van der Waals surface area (Å²) in [7, 11) is 6.02. The lowest BCUT2D eigenvalue weighted by molar-refractivity contribution is -0.137. The minimum absolute atomic E-state index is 0.0846. The number of carbonyl (C=O) groups excluding carboxylic acids is 2. The molecule has 0 aromatic carbocycles. The van der Waals surface area contributed by atoms with E-state index in [0.29, 0.717) is 26.1 Å². The van der Waals surface area contributed by atoms with Gasteiger partial charge in [0.05, 0.1) is 12.5 Å². The number of piperidine rings is 1. The van der Waals surface area contributed by atoms with Crippen LogP contribution in [0.4, 0.5) is 0 Å². The molecule has 3 aliphatic heterocycles. The molecule has 1 unspecified atom stereocenters. The highest BCUT2D eigenvalue weighted by molar-refractivity contribution is 5.89. The zero-order valence-electron chi connectivity index (χ0n) is 16.6. The van der Waals surface area contributed by atoms with E-state index in [4.69, 9.17) is 4.74 Å². The summed E-state index contributed by atoms with van der Waals surface area (Å²) < 4.78 is 5.08. The van der Waals surface area contributed by atoms with Gasteiger partial charge in [-0.15, -0.1) is 0 Å². The van der Waals surface area contributed by atoms with Crippen LogP contribution in [-0.4, -0.2) is 111 Å². The maximum absolute atomic E-state index is 13.2. The molecule has 1 atom stereocenters. The van der Waals surface area contributed by atoms with Gasteiger partial charge in [-0.1, -0.05) is 0 Å². The molecule has 0 saturated carbocycles. The number of carbonyl (C=O) groups is 2. The molecule has 148 valence electrons. The van der Waals surface area contributed by atoms with E-state index in [-0.39, 0.29) is 23.3 Å². The second-order valence-corrected chi connectivity index (χ2v) is 8.30. The molecule has 3 aliphatic rings. The summed E-state index contributed by atoms with van der Waals surface area (Å²) in [5, 5.41) is 0. The van der Waals surface area contributed by atoms with Crippen LogP contribution in [-0.2, 0) is 14.3 Å². The predicted octanol–water partition coefficient (Wildman–Crippen LogP) is 0.110. The summed E-state index contributed by atoms with van der Waals surface area (Å²) in [6.07, 6.45) is 3.57. The van der Waals surface area contributed by atoms with Crippen LogP contribution in [0.25, 0.3) is 0 Å². The largest absolute Gasteiger partial charge is 0.383 e. The summed E-state index contributed by atoms with van der Waals surface area (Å²) in [5.74, 6) is 0.0688. The van der Waals surface area contributed by atoms with Crippen LogP contribution in [0.15, 0.2) is 0 Å². The molecule has 1 spiro atoms. The van der Waals surface area contributed by atoms with Crippen molar-refractivity contribution in [3.63, 3.8) is 0 Å². The Labute approximate surface area is 157 Å². The molecule has 0 N–H and O–H groups in total. The number of hydrogen-bond acceptors (Lipinski definition) is 5. The first-order valence-corrected chi connectivity index (χ1v) is 9.90. The number of hydrogen-bond donors (Lipinski definition) is 0. The van der Waals surface area contributed by atoms with E-state index in [0.717, 1.165) is 52.0 Å². The maximum Gasteiger partial charge on any atom is 0.228 e. The third-order valence-electron chi connectivity index (χ3n) is 6.57. The van der Waals surface area contributed by atoms with Crippen LogP contribution in [0.5, 0.6) is 0 Å². The van der Waals surface area contributed by atoms with Crippen LogP contribution in [0, 0.1) is 5.92 Å². The Bertz CT molecular complexity index is 519. The Morgan fingerprint density at radius 1 is 1.19 bits per heavy atom. The standard InChI is InChI=1S/C19H34N4O3/c1-20-9-5-19(6-10-20)15-23(8-4-7-21(19)2)18(25)16-13-17(24)22(14-16)11-12-26-3/h16H,4-15H2,1-3H3. The lowest BCUT2D eigenvalue weighted by atomic mass is 9.85. The first kappa shape index (κ1) is 19.6. The fourth-order valence-electron chi connectivity index (χ4n) is 4.67. The smallest absolute Gasteiger partial charge is 0.228 e. The molecule has 7 heteroatoms. The van der Waals surface area contributed by atoms with Crippen molar-refractivity contribution < 1.29 is 14.3 Å². The Hall–Kier alpha value is -1.18. The predicted molar refractivity (Wildman–Crippen MR) is 99.9 cm³/mol. The number of amides is 2. The molecule has 0 bridgehead atoms. The van der Waals surface area contributed by atoms with E-state index < -0.39 is 0 Å². The third kappa shape index (κ3) is 4.05. The minimum Gasteiger partial charge on any atom is -0.383 e. The molecule has 0 radical (unpaired) electrons. The summed E-state index contributed by atoms with van der Waals surface area (Å²) in [4.78, 5) is 34.1. The highest BCUT2D eigenvalue weighted by Gasteiger charge is 2.43. The molecular weight excluding hydrogens is 332 g/mol. The number of likely N-dealkylation sites (N-methyl/N-ethyl adjacent to an activating group) is 1. The molecule has 3 saturated heterocycles. The van der Waals surface area contributed by atoms with Crippen molar-refractivity contribution in [2.45, 2.75) is 31.2 Å². The van der Waals surface area contributed by atoms with E-state index in [1.165, 1.54) is 0 Å². The van der Waals surface area contributed by atoms with Gasteiger partial charge in [0.15, 0.2) is 0 Å². The van der Waals surface area contributed by atoms with Gasteiger partial charge in [-0.2, -0.15) is 0 Å². The van der Waals surface area contributed by atoms with Gasteiger partial charge in [0.2, 0.25) is 11.8 Å². The second-order valence-electron chi connectivity index (χ2n) is 8.30. The average Bonchev–Trinajstić information content (AvgIpc) is 2.92. The van der Waals surface area contributed by atoms with Crippen molar-refractivity contribution in [3.8, 4) is 0 Å². The number of ether oxygens (including phenoxy) is 1. The van der Waals surface area contributed by atoms with Crippen LogP contribution < -0.4 is 0 Å². The fraction of sp³-hybridized carbons (Fsp3) is 0.895. The zero-order chi connectivity index (χ0) is 18.7. The molecular formula is C19H34N4O3. The van der Waals surface area contributed by atoms with E-state index in [1.54, 1.807) is 12.0 Å². The van der Waals surface area contributed by atoms with E-state index in [9.17, 15) is 9.59 Å². The van der Waals surface area contributed by atoms with Crippen molar-refractivity contribution in [1.82, 2.24) is 19.6 Å². The van der Waals surface area contributed by atoms with Gasteiger partial charge in [-0.25, -0.2) is 0 Å². The highest BCUT2D eigenvalue weighted by Crippen LogP contribution is 2.32. The van der Waals surface area contributed by atoms with Crippen LogP contribution in [0.3, 0.4) is 0 Å². The first-order chi connectivity index (χ1) is 12.4. The number of likely N-dealkylation sites (tertiary alicyclic amines) is 2. The van der Waals surface area contributed by atoms with Crippen molar-refractivity contribution in [2.24, 2.45) is 5.92 Å². The SMILES string of the molecule is COCCN1CC(C(=O)N2CCCN(C)C3(CCN(C)CC3)C2)CC1=O. The number of methoxy groups -OCH3 is 1. The van der Waals surface area contributed by atoms with Crippen molar-refractivity contribution in [2.75, 3.05) is 73.6 Å². The molecule has 3 rings (SSSR count). The summed E-state index contributed by atoms with van der Waals surface area (Å²) in [5.41, 5.74) is 0.0943. The molecule has 0 aromatic rings. The van der Waals surface area contributed by atoms with Crippen LogP contribution in [0.2, 0.25) is 0 Å². The summed E-state index contributed by atoms with van der Waals surface area (Å²) in [6.45, 7) is 6.47. The van der Waals surface area contributed by atoms with Gasteiger partial charge in [0.1, 0.15) is 0 Å². The van der Waals surface area contributed by atoms with Gasteiger partial charge < -0.3 is 19.4 Å². The monoisotopic (exact) mass is 366 g/mol. The molecule has 26 heavy (non-hydrogen) atoms. The van der Waals surface area contributed by atoms with Gasteiger partial charge in [-0.05, 0) is 46.4 Å². The van der Waals surface area contributed by atoms with Crippen molar-refractivity contribution >= 4 is 11.8 Å². The Balaban J connectivity index is 1.66. The van der Waals surface area contributed by atoms with E-state index >= 15 is 0 Å². The average molecular weight is 367 g/mol. The van der Waals surface area contributed by atoms with Gasteiger partial charge in [-0.3, -0.25) is 14.5 Å². The van der Waals surface area contributed by atoms with Gasteiger partial charge in [0, 0.05) is 51.8 Å². The lowest BCUT2D eigenvalue weighted by Gasteiger charge is -2.47. The molecule has 0 aliphatic carbocycles. The summed E-state index contributed by atoms with van der Waals surface area (Å²) >= 11 is 0. The topological polar surface area (TPSA) is 56.3 Å². The zero-order valence-corrected chi connectivity index (χ0v) is 16.6. The van der Waals surface area contributed by atoms with Crippen LogP contribution in [0.1, 0.15) is 25.7 Å². The molecule has 2 amide bonds. The summed E-state index contributed by atoms with van der Waals surface area (Å²) in [6, 6.07) is 0. The molecule has 3 heterocycles.